The lowest BCUT2D eigenvalue weighted by atomic mass is 10.1. The van der Waals surface area contributed by atoms with Crippen molar-refractivity contribution in [3.8, 4) is 0 Å². The summed E-state index contributed by atoms with van der Waals surface area (Å²) in [5, 5.41) is 17.7. The highest BCUT2D eigenvalue weighted by molar-refractivity contribution is 5.89. The largest absolute Gasteiger partial charge is 0.387 e. The summed E-state index contributed by atoms with van der Waals surface area (Å²) in [5.41, 5.74) is 3.60. The minimum Gasteiger partial charge on any atom is -0.387 e. The Kier molecular flexibility index (Phi) is 6.24. The molecule has 3 N–H and O–H groups in total. The topological polar surface area (TPSA) is 102 Å². The van der Waals surface area contributed by atoms with Crippen molar-refractivity contribution in [2.45, 2.75) is 39.2 Å². The molecule has 2 aliphatic heterocycles. The van der Waals surface area contributed by atoms with Crippen LogP contribution in [0.1, 0.15) is 43.7 Å². The van der Waals surface area contributed by atoms with E-state index in [1.807, 2.05) is 19.1 Å². The molecule has 2 saturated heterocycles. The third-order valence-corrected chi connectivity index (χ3v) is 6.41. The van der Waals surface area contributed by atoms with Gasteiger partial charge in [-0.2, -0.15) is 0 Å². The molecular formula is C24H32N8O. The van der Waals surface area contributed by atoms with E-state index < -0.39 is 6.10 Å². The number of fused-ring (bicyclic) bond motifs is 1. The maximum Gasteiger partial charge on any atom is 0.229 e. The fraction of sp³-hybridized carbons (Fsp3) is 0.500. The van der Waals surface area contributed by atoms with Gasteiger partial charge in [0.05, 0.1) is 23.2 Å². The second kappa shape index (κ2) is 9.44. The standard InChI is InChI=1S/C24H32N8O/c1-16-20(31-12-8-25-9-13-31)6-7-21(27-16)29-24-26-15-18-14-19(17(2)33)28-23(22(18)30-24)32-10-4-3-5-11-32/h6-7,14-15,17,25,33H,3-5,8-13H2,1-2H3,(H,26,27,29,30)/t17-/m1/s1. The Balaban J connectivity index is 1.45. The van der Waals surface area contributed by atoms with Gasteiger partial charge in [-0.1, -0.05) is 0 Å². The number of nitrogens with zero attached hydrogens (tertiary/aromatic N) is 6. The monoisotopic (exact) mass is 448 g/mol. The number of aliphatic hydroxyl groups is 1. The molecule has 3 aromatic heterocycles. The first-order valence-electron chi connectivity index (χ1n) is 11.9. The molecule has 9 nitrogen and oxygen atoms in total. The molecule has 0 saturated carbocycles. The number of nitrogens with one attached hydrogen (secondary N) is 2. The van der Waals surface area contributed by atoms with Crippen molar-refractivity contribution in [2.75, 3.05) is 54.4 Å². The Morgan fingerprint density at radius 3 is 2.52 bits per heavy atom. The molecule has 5 rings (SSSR count). The first-order chi connectivity index (χ1) is 16.1. The fourth-order valence-corrected chi connectivity index (χ4v) is 4.62. The second-order valence-corrected chi connectivity index (χ2v) is 8.89. The molecule has 0 spiro atoms. The average Bonchev–Trinajstić information content (AvgIpc) is 2.84. The Morgan fingerprint density at radius 1 is 1.00 bits per heavy atom. The van der Waals surface area contributed by atoms with Crippen molar-refractivity contribution < 1.29 is 5.11 Å². The minimum atomic E-state index is -0.642. The summed E-state index contributed by atoms with van der Waals surface area (Å²) in [5.74, 6) is 2.04. The molecule has 1 atom stereocenters. The summed E-state index contributed by atoms with van der Waals surface area (Å²) < 4.78 is 0. The summed E-state index contributed by atoms with van der Waals surface area (Å²) in [6.07, 6.45) is 4.67. The molecule has 0 radical (unpaired) electrons. The zero-order valence-corrected chi connectivity index (χ0v) is 19.4. The van der Waals surface area contributed by atoms with E-state index in [0.29, 0.717) is 11.6 Å². The molecule has 0 bridgehead atoms. The van der Waals surface area contributed by atoms with Crippen molar-refractivity contribution >= 4 is 34.2 Å². The van der Waals surface area contributed by atoms with Crippen LogP contribution in [-0.4, -0.2) is 64.3 Å². The molecule has 2 fully saturated rings. The smallest absolute Gasteiger partial charge is 0.229 e. The van der Waals surface area contributed by atoms with Gasteiger partial charge in [-0.3, -0.25) is 0 Å². The lowest BCUT2D eigenvalue weighted by Crippen LogP contribution is -2.43. The highest BCUT2D eigenvalue weighted by Crippen LogP contribution is 2.30. The van der Waals surface area contributed by atoms with Crippen molar-refractivity contribution in [2.24, 2.45) is 0 Å². The SMILES string of the molecule is Cc1nc(Nc2ncc3cc([C@@H](C)O)nc(N4CCCCC4)c3n2)ccc1N1CCNCC1. The Labute approximate surface area is 194 Å². The van der Waals surface area contributed by atoms with Crippen molar-refractivity contribution in [1.82, 2.24) is 25.3 Å². The normalized spacial score (nSPS) is 17.9. The van der Waals surface area contributed by atoms with E-state index in [0.717, 1.165) is 80.3 Å². The van der Waals surface area contributed by atoms with Gasteiger partial charge in [0.2, 0.25) is 5.95 Å². The van der Waals surface area contributed by atoms with Gasteiger partial charge in [0.1, 0.15) is 11.3 Å². The average molecular weight is 449 g/mol. The van der Waals surface area contributed by atoms with Gasteiger partial charge >= 0.3 is 0 Å². The lowest BCUT2D eigenvalue weighted by Gasteiger charge is -2.30. The maximum atomic E-state index is 10.1. The van der Waals surface area contributed by atoms with Crippen LogP contribution in [0.4, 0.5) is 23.3 Å². The molecule has 5 heterocycles. The number of aliphatic hydroxyl groups excluding tert-OH is 1. The fourth-order valence-electron chi connectivity index (χ4n) is 4.62. The third-order valence-electron chi connectivity index (χ3n) is 6.41. The molecular weight excluding hydrogens is 416 g/mol. The van der Waals surface area contributed by atoms with Crippen LogP contribution in [0.25, 0.3) is 10.9 Å². The van der Waals surface area contributed by atoms with E-state index in [-0.39, 0.29) is 0 Å². The molecule has 0 unspecified atom stereocenters. The second-order valence-electron chi connectivity index (χ2n) is 8.89. The molecule has 3 aromatic rings. The number of hydrogen-bond acceptors (Lipinski definition) is 9. The van der Waals surface area contributed by atoms with Crippen LogP contribution in [0.2, 0.25) is 0 Å². The predicted octanol–water partition coefficient (Wildman–Crippen LogP) is 2.93. The van der Waals surface area contributed by atoms with E-state index in [9.17, 15) is 5.11 Å². The third kappa shape index (κ3) is 4.69. The van der Waals surface area contributed by atoms with E-state index in [1.165, 1.54) is 12.1 Å². The molecule has 0 aromatic carbocycles. The number of piperidine rings is 1. The first-order valence-corrected chi connectivity index (χ1v) is 11.9. The van der Waals surface area contributed by atoms with E-state index in [2.05, 4.69) is 31.5 Å². The van der Waals surface area contributed by atoms with Gasteiger partial charge in [0.15, 0.2) is 5.82 Å². The van der Waals surface area contributed by atoms with Gasteiger partial charge in [0, 0.05) is 50.9 Å². The van der Waals surface area contributed by atoms with Crippen molar-refractivity contribution in [3.05, 3.63) is 35.8 Å². The summed E-state index contributed by atoms with van der Waals surface area (Å²) in [6, 6.07) is 5.98. The molecule has 9 heteroatoms. The summed E-state index contributed by atoms with van der Waals surface area (Å²) >= 11 is 0. The van der Waals surface area contributed by atoms with Crippen molar-refractivity contribution in [3.63, 3.8) is 0 Å². The van der Waals surface area contributed by atoms with E-state index in [4.69, 9.17) is 15.0 Å². The minimum absolute atomic E-state index is 0.495. The van der Waals surface area contributed by atoms with Gasteiger partial charge in [-0.25, -0.2) is 19.9 Å². The van der Waals surface area contributed by atoms with Gasteiger partial charge in [-0.05, 0) is 51.3 Å². The zero-order valence-electron chi connectivity index (χ0n) is 19.4. The number of aromatic nitrogens is 4. The Morgan fingerprint density at radius 2 is 1.79 bits per heavy atom. The van der Waals surface area contributed by atoms with Crippen LogP contribution in [0, 0.1) is 6.92 Å². The predicted molar refractivity (Wildman–Crippen MR) is 131 cm³/mol. The van der Waals surface area contributed by atoms with Gasteiger partial charge in [0.25, 0.3) is 0 Å². The van der Waals surface area contributed by atoms with E-state index >= 15 is 0 Å². The zero-order chi connectivity index (χ0) is 22.8. The number of anilines is 4. The molecule has 174 valence electrons. The van der Waals surface area contributed by atoms with Crippen LogP contribution in [0.3, 0.4) is 0 Å². The van der Waals surface area contributed by atoms with E-state index in [1.54, 1.807) is 13.1 Å². The first kappa shape index (κ1) is 21.8. The highest BCUT2D eigenvalue weighted by atomic mass is 16.3. The van der Waals surface area contributed by atoms with Crippen molar-refractivity contribution in [1.29, 1.82) is 0 Å². The Bertz CT molecular complexity index is 1120. The lowest BCUT2D eigenvalue weighted by molar-refractivity contribution is 0.194. The Hall–Kier alpha value is -3.04. The molecule has 0 amide bonds. The van der Waals surface area contributed by atoms with Gasteiger partial charge < -0.3 is 25.5 Å². The number of aryl methyl sites for hydroxylation is 1. The number of hydrogen-bond donors (Lipinski definition) is 3. The molecule has 0 aliphatic carbocycles. The number of rotatable bonds is 5. The summed E-state index contributed by atoms with van der Waals surface area (Å²) in [6.45, 7) is 9.65. The number of pyridine rings is 2. The van der Waals surface area contributed by atoms with Crippen LogP contribution < -0.4 is 20.4 Å². The van der Waals surface area contributed by atoms with Crippen LogP contribution in [0.15, 0.2) is 24.4 Å². The quantitative estimate of drug-likeness (QED) is 0.544. The molecule has 33 heavy (non-hydrogen) atoms. The van der Waals surface area contributed by atoms with Crippen LogP contribution in [0.5, 0.6) is 0 Å². The summed E-state index contributed by atoms with van der Waals surface area (Å²) in [4.78, 5) is 23.5. The van der Waals surface area contributed by atoms with Crippen LogP contribution >= 0.6 is 0 Å². The molecule has 2 aliphatic rings. The van der Waals surface area contributed by atoms with Gasteiger partial charge in [-0.15, -0.1) is 0 Å². The summed E-state index contributed by atoms with van der Waals surface area (Å²) in [7, 11) is 0. The maximum absolute atomic E-state index is 10.1. The highest BCUT2D eigenvalue weighted by Gasteiger charge is 2.20. The number of piperazine rings is 1. The van der Waals surface area contributed by atoms with Crippen LogP contribution in [-0.2, 0) is 0 Å².